The maximum Gasteiger partial charge on any atom is 0.573 e. The summed E-state index contributed by atoms with van der Waals surface area (Å²) in [7, 11) is 2.96. The first-order chi connectivity index (χ1) is 12.2. The summed E-state index contributed by atoms with van der Waals surface area (Å²) in [5.74, 6) is -2.29. The number of carbonyl (C=O) groups excluding carboxylic acids is 2. The number of anilines is 1. The van der Waals surface area contributed by atoms with Crippen LogP contribution in [0.25, 0.3) is 0 Å². The molecule has 0 aliphatic heterocycles. The van der Waals surface area contributed by atoms with Crippen molar-refractivity contribution in [2.24, 2.45) is 0 Å². The number of hydrogen-bond acceptors (Lipinski definition) is 4. The zero-order chi connectivity index (χ0) is 19.3. The van der Waals surface area contributed by atoms with Crippen LogP contribution in [0.4, 0.5) is 18.9 Å². The number of rotatable bonds is 4. The third-order valence-electron chi connectivity index (χ3n) is 3.45. The van der Waals surface area contributed by atoms with Crippen LogP contribution in [-0.4, -0.2) is 33.2 Å². The molecule has 0 N–H and O–H groups in total. The molecule has 0 aromatic heterocycles. The zero-order valence-corrected chi connectivity index (χ0v) is 14.0. The lowest BCUT2D eigenvalue weighted by atomic mass is 9.96. The molecule has 2 aromatic rings. The SMILES string of the molecule is Bc1ccc(N(Cc2ccc(OC(F)(F)F)cc2)C(=O)C(=O)OC)cc1. The number of amides is 1. The molecule has 0 fully saturated rings. The van der Waals surface area contributed by atoms with Gasteiger partial charge in [0.05, 0.1) is 13.7 Å². The molecule has 5 nitrogen and oxygen atoms in total. The number of alkyl halides is 3. The Hall–Kier alpha value is -2.97. The Morgan fingerprint density at radius 3 is 2.12 bits per heavy atom. The normalized spacial score (nSPS) is 10.9. The second-order valence-electron chi connectivity index (χ2n) is 5.41. The summed E-state index contributed by atoms with van der Waals surface area (Å²) in [5, 5.41) is 0. The number of halogens is 3. The van der Waals surface area contributed by atoms with Gasteiger partial charge in [0.2, 0.25) is 0 Å². The molecule has 0 aliphatic carbocycles. The van der Waals surface area contributed by atoms with Gasteiger partial charge in [-0.05, 0) is 29.8 Å². The van der Waals surface area contributed by atoms with Gasteiger partial charge in [0.25, 0.3) is 0 Å². The fraction of sp³-hybridized carbons (Fsp3) is 0.176. The first kappa shape index (κ1) is 19.4. The summed E-state index contributed by atoms with van der Waals surface area (Å²) in [4.78, 5) is 25.1. The number of hydrogen-bond donors (Lipinski definition) is 0. The van der Waals surface area contributed by atoms with Crippen LogP contribution >= 0.6 is 0 Å². The molecule has 0 radical (unpaired) electrons. The van der Waals surface area contributed by atoms with E-state index in [0.29, 0.717) is 11.3 Å². The Balaban J connectivity index is 2.25. The van der Waals surface area contributed by atoms with Crippen LogP contribution in [0, 0.1) is 0 Å². The Kier molecular flexibility index (Phi) is 5.91. The molecule has 0 saturated carbocycles. The van der Waals surface area contributed by atoms with E-state index in [9.17, 15) is 22.8 Å². The second-order valence-corrected chi connectivity index (χ2v) is 5.41. The van der Waals surface area contributed by atoms with Crippen molar-refractivity contribution in [1.82, 2.24) is 0 Å². The van der Waals surface area contributed by atoms with Gasteiger partial charge in [0.1, 0.15) is 13.6 Å². The molecule has 0 saturated heterocycles. The minimum atomic E-state index is -4.78. The molecule has 0 spiro atoms. The van der Waals surface area contributed by atoms with Crippen molar-refractivity contribution in [3.63, 3.8) is 0 Å². The molecule has 0 heterocycles. The molecule has 0 atom stereocenters. The van der Waals surface area contributed by atoms with Gasteiger partial charge in [-0.3, -0.25) is 9.69 Å². The van der Waals surface area contributed by atoms with E-state index >= 15 is 0 Å². The lowest BCUT2D eigenvalue weighted by Crippen LogP contribution is -2.37. The number of carbonyl (C=O) groups is 2. The molecule has 136 valence electrons. The van der Waals surface area contributed by atoms with Crippen molar-refractivity contribution in [1.29, 1.82) is 0 Å². The first-order valence-electron chi connectivity index (χ1n) is 7.51. The quantitative estimate of drug-likeness (QED) is 0.469. The summed E-state index contributed by atoms with van der Waals surface area (Å²) in [5.41, 5.74) is 1.94. The van der Waals surface area contributed by atoms with Crippen molar-refractivity contribution in [3.8, 4) is 5.75 Å². The summed E-state index contributed by atoms with van der Waals surface area (Å²) < 4.78 is 44.9. The fourth-order valence-electron chi connectivity index (χ4n) is 2.18. The maximum atomic E-state index is 12.3. The molecular weight excluding hydrogens is 350 g/mol. The van der Waals surface area contributed by atoms with Crippen LogP contribution in [0.3, 0.4) is 0 Å². The predicted molar refractivity (Wildman–Crippen MR) is 91.0 cm³/mol. The van der Waals surface area contributed by atoms with Gasteiger partial charge in [-0.15, -0.1) is 13.2 Å². The summed E-state index contributed by atoms with van der Waals surface area (Å²) >= 11 is 0. The van der Waals surface area contributed by atoms with Gasteiger partial charge in [-0.25, -0.2) is 4.79 Å². The molecule has 2 aromatic carbocycles. The van der Waals surface area contributed by atoms with Crippen molar-refractivity contribution in [2.45, 2.75) is 12.9 Å². The minimum Gasteiger partial charge on any atom is -0.462 e. The van der Waals surface area contributed by atoms with Crippen LogP contribution in [0.1, 0.15) is 5.56 Å². The Morgan fingerprint density at radius 1 is 1.04 bits per heavy atom. The Bertz CT molecular complexity index is 776. The largest absolute Gasteiger partial charge is 0.573 e. The molecule has 9 heteroatoms. The summed E-state index contributed by atoms with van der Waals surface area (Å²) in [6, 6.07) is 11.9. The van der Waals surface area contributed by atoms with E-state index in [-0.39, 0.29) is 12.3 Å². The van der Waals surface area contributed by atoms with Crippen LogP contribution in [0.2, 0.25) is 0 Å². The van der Waals surface area contributed by atoms with Crippen LogP contribution in [-0.2, 0) is 20.9 Å². The third-order valence-corrected chi connectivity index (χ3v) is 3.45. The summed E-state index contributed by atoms with van der Waals surface area (Å²) in [6.45, 7) is -0.0245. The highest BCUT2D eigenvalue weighted by atomic mass is 19.4. The molecule has 0 aliphatic rings. The predicted octanol–water partition coefficient (Wildman–Crippen LogP) is 1.55. The number of esters is 1. The smallest absolute Gasteiger partial charge is 0.462 e. The first-order valence-corrected chi connectivity index (χ1v) is 7.51. The van der Waals surface area contributed by atoms with E-state index in [4.69, 9.17) is 0 Å². The zero-order valence-electron chi connectivity index (χ0n) is 14.0. The molecular formula is C17H15BF3NO4. The van der Waals surface area contributed by atoms with Crippen LogP contribution < -0.4 is 15.1 Å². The van der Waals surface area contributed by atoms with Gasteiger partial charge in [0.15, 0.2) is 0 Å². The number of methoxy groups -OCH3 is 1. The van der Waals surface area contributed by atoms with Crippen LogP contribution in [0.5, 0.6) is 5.75 Å². The number of benzene rings is 2. The topological polar surface area (TPSA) is 55.8 Å². The van der Waals surface area contributed by atoms with E-state index in [1.54, 1.807) is 24.3 Å². The summed E-state index contributed by atoms with van der Waals surface area (Å²) in [6.07, 6.45) is -4.78. The van der Waals surface area contributed by atoms with Crippen molar-refractivity contribution in [2.75, 3.05) is 12.0 Å². The highest BCUT2D eigenvalue weighted by Crippen LogP contribution is 2.24. The third kappa shape index (κ3) is 5.27. The minimum absolute atomic E-state index is 0.0245. The molecule has 26 heavy (non-hydrogen) atoms. The van der Waals surface area contributed by atoms with E-state index in [2.05, 4.69) is 9.47 Å². The van der Waals surface area contributed by atoms with Crippen molar-refractivity contribution < 1.29 is 32.2 Å². The lowest BCUT2D eigenvalue weighted by Gasteiger charge is -2.22. The maximum absolute atomic E-state index is 12.3. The van der Waals surface area contributed by atoms with Gasteiger partial charge in [0, 0.05) is 5.69 Å². The van der Waals surface area contributed by atoms with Gasteiger partial charge in [-0.1, -0.05) is 29.7 Å². The number of ether oxygens (including phenoxy) is 2. The van der Waals surface area contributed by atoms with Crippen molar-refractivity contribution >= 4 is 30.9 Å². The number of nitrogens with zero attached hydrogens (tertiary/aromatic N) is 1. The van der Waals surface area contributed by atoms with Gasteiger partial charge >= 0.3 is 18.2 Å². The van der Waals surface area contributed by atoms with Crippen LogP contribution in [0.15, 0.2) is 48.5 Å². The monoisotopic (exact) mass is 365 g/mol. The van der Waals surface area contributed by atoms with Crippen molar-refractivity contribution in [3.05, 3.63) is 54.1 Å². The van der Waals surface area contributed by atoms with E-state index in [1.807, 2.05) is 7.85 Å². The average molecular weight is 365 g/mol. The Labute approximate surface area is 148 Å². The molecule has 1 amide bonds. The van der Waals surface area contributed by atoms with E-state index in [0.717, 1.165) is 24.7 Å². The highest BCUT2D eigenvalue weighted by molar-refractivity contribution is 6.38. The second kappa shape index (κ2) is 7.94. The standard InChI is InChI=1S/C17H15BF3NO4/c1-25-16(24)15(23)22(13-6-4-12(18)5-7-13)10-11-2-8-14(9-3-11)26-17(19,20)21/h2-9H,10,18H2,1H3. The van der Waals surface area contributed by atoms with Gasteiger partial charge < -0.3 is 9.47 Å². The highest BCUT2D eigenvalue weighted by Gasteiger charge is 2.31. The van der Waals surface area contributed by atoms with E-state index in [1.165, 1.54) is 17.0 Å². The molecule has 2 rings (SSSR count). The fourth-order valence-corrected chi connectivity index (χ4v) is 2.18. The average Bonchev–Trinajstić information content (AvgIpc) is 2.59. The molecule has 0 unspecified atom stereocenters. The van der Waals surface area contributed by atoms with E-state index < -0.39 is 18.2 Å². The Morgan fingerprint density at radius 2 is 1.62 bits per heavy atom. The van der Waals surface area contributed by atoms with Gasteiger partial charge in [-0.2, -0.15) is 0 Å². The molecule has 0 bridgehead atoms. The lowest BCUT2D eigenvalue weighted by molar-refractivity contribution is -0.274.